The standard InChI is InChI=1S/C17H26O3/c1-7-18-13(4)20-15-11(2)8-14(9-12(15)3)16-17(5,6)10-19-16/h8-9,13,16H,7,10H2,1-6H3. The molecule has 0 bridgehead atoms. The lowest BCUT2D eigenvalue weighted by atomic mass is 9.78. The summed E-state index contributed by atoms with van der Waals surface area (Å²) in [6.07, 6.45) is -0.0297. The molecule has 0 amide bonds. The van der Waals surface area contributed by atoms with Crippen molar-refractivity contribution >= 4 is 0 Å². The van der Waals surface area contributed by atoms with E-state index in [1.807, 2.05) is 13.8 Å². The Kier molecular flexibility index (Phi) is 4.40. The van der Waals surface area contributed by atoms with Crippen LogP contribution in [0.5, 0.6) is 5.75 Å². The second kappa shape index (κ2) is 5.74. The van der Waals surface area contributed by atoms with E-state index in [9.17, 15) is 0 Å². The predicted octanol–water partition coefficient (Wildman–Crippen LogP) is 4.16. The molecule has 0 saturated carbocycles. The second-order valence-corrected chi connectivity index (χ2v) is 6.30. The monoisotopic (exact) mass is 278 g/mol. The zero-order valence-electron chi connectivity index (χ0n) is 13.4. The smallest absolute Gasteiger partial charge is 0.196 e. The Hall–Kier alpha value is -1.06. The summed E-state index contributed by atoms with van der Waals surface area (Å²) in [7, 11) is 0. The largest absolute Gasteiger partial charge is 0.465 e. The van der Waals surface area contributed by atoms with E-state index in [1.165, 1.54) is 5.56 Å². The Morgan fingerprint density at radius 1 is 1.30 bits per heavy atom. The van der Waals surface area contributed by atoms with E-state index in [2.05, 4.69) is 39.8 Å². The molecule has 0 N–H and O–H groups in total. The van der Waals surface area contributed by atoms with Crippen molar-refractivity contribution in [1.29, 1.82) is 0 Å². The molecule has 1 aromatic carbocycles. The summed E-state index contributed by atoms with van der Waals surface area (Å²) in [4.78, 5) is 0. The van der Waals surface area contributed by atoms with Crippen LogP contribution in [0.15, 0.2) is 12.1 Å². The molecule has 2 rings (SSSR count). The summed E-state index contributed by atoms with van der Waals surface area (Å²) in [5, 5.41) is 0. The second-order valence-electron chi connectivity index (χ2n) is 6.30. The van der Waals surface area contributed by atoms with Gasteiger partial charge < -0.3 is 14.2 Å². The predicted molar refractivity (Wildman–Crippen MR) is 80.1 cm³/mol. The summed E-state index contributed by atoms with van der Waals surface area (Å²) in [6, 6.07) is 4.35. The van der Waals surface area contributed by atoms with E-state index >= 15 is 0 Å². The lowest BCUT2D eigenvalue weighted by Crippen LogP contribution is -2.40. The van der Waals surface area contributed by atoms with Crippen LogP contribution in [0.3, 0.4) is 0 Å². The number of aryl methyl sites for hydroxylation is 2. The minimum absolute atomic E-state index is 0.193. The zero-order valence-corrected chi connectivity index (χ0v) is 13.4. The fourth-order valence-corrected chi connectivity index (χ4v) is 2.80. The van der Waals surface area contributed by atoms with E-state index in [0.717, 1.165) is 23.5 Å². The van der Waals surface area contributed by atoms with Crippen molar-refractivity contribution < 1.29 is 14.2 Å². The quantitative estimate of drug-likeness (QED) is 0.757. The van der Waals surface area contributed by atoms with Crippen molar-refractivity contribution in [2.24, 2.45) is 5.41 Å². The zero-order chi connectivity index (χ0) is 14.9. The lowest BCUT2D eigenvalue weighted by molar-refractivity contribution is -0.172. The van der Waals surface area contributed by atoms with Gasteiger partial charge in [-0.05, 0) is 56.5 Å². The molecule has 1 aromatic rings. The van der Waals surface area contributed by atoms with Gasteiger partial charge >= 0.3 is 0 Å². The van der Waals surface area contributed by atoms with Crippen LogP contribution in [0.2, 0.25) is 0 Å². The highest BCUT2D eigenvalue weighted by Crippen LogP contribution is 2.46. The number of benzene rings is 1. The minimum atomic E-state index is -0.223. The van der Waals surface area contributed by atoms with Gasteiger partial charge in [0, 0.05) is 12.0 Å². The third-order valence-corrected chi connectivity index (χ3v) is 3.80. The lowest BCUT2D eigenvalue weighted by Gasteiger charge is -2.44. The number of hydrogen-bond acceptors (Lipinski definition) is 3. The van der Waals surface area contributed by atoms with Gasteiger partial charge in [0.1, 0.15) is 5.75 Å². The summed E-state index contributed by atoms with van der Waals surface area (Å²) in [5.41, 5.74) is 3.74. The molecule has 1 aliphatic rings. The SMILES string of the molecule is CCOC(C)Oc1c(C)cc(C2OCC2(C)C)cc1C. The van der Waals surface area contributed by atoms with E-state index in [0.29, 0.717) is 6.61 Å². The van der Waals surface area contributed by atoms with Crippen LogP contribution in [0.25, 0.3) is 0 Å². The van der Waals surface area contributed by atoms with Gasteiger partial charge in [0.25, 0.3) is 0 Å². The van der Waals surface area contributed by atoms with Gasteiger partial charge in [0.2, 0.25) is 0 Å². The Bertz CT molecular complexity index is 456. The van der Waals surface area contributed by atoms with Gasteiger partial charge in [0.15, 0.2) is 6.29 Å². The van der Waals surface area contributed by atoms with Crippen molar-refractivity contribution in [3.63, 3.8) is 0 Å². The highest BCUT2D eigenvalue weighted by Gasteiger charge is 2.41. The van der Waals surface area contributed by atoms with E-state index in [-0.39, 0.29) is 17.8 Å². The average Bonchev–Trinajstić information content (AvgIpc) is 2.33. The maximum absolute atomic E-state index is 5.89. The fraction of sp³-hybridized carbons (Fsp3) is 0.647. The Morgan fingerprint density at radius 3 is 2.30 bits per heavy atom. The van der Waals surface area contributed by atoms with Crippen LogP contribution in [0, 0.1) is 19.3 Å². The first kappa shape index (κ1) is 15.3. The van der Waals surface area contributed by atoms with Crippen LogP contribution in [0.1, 0.15) is 50.5 Å². The summed E-state index contributed by atoms with van der Waals surface area (Å²) >= 11 is 0. The molecular weight excluding hydrogens is 252 g/mol. The van der Waals surface area contributed by atoms with E-state index in [4.69, 9.17) is 14.2 Å². The Morgan fingerprint density at radius 2 is 1.90 bits per heavy atom. The van der Waals surface area contributed by atoms with Crippen molar-refractivity contribution in [3.05, 3.63) is 28.8 Å². The summed E-state index contributed by atoms with van der Waals surface area (Å²) < 4.78 is 17.1. The van der Waals surface area contributed by atoms with Gasteiger partial charge in [-0.1, -0.05) is 13.8 Å². The maximum Gasteiger partial charge on any atom is 0.196 e. The third-order valence-electron chi connectivity index (χ3n) is 3.80. The first-order valence-electron chi connectivity index (χ1n) is 7.36. The summed E-state index contributed by atoms with van der Waals surface area (Å²) in [6.45, 7) is 14.0. The molecule has 20 heavy (non-hydrogen) atoms. The van der Waals surface area contributed by atoms with Crippen LogP contribution in [-0.2, 0) is 9.47 Å². The van der Waals surface area contributed by atoms with Gasteiger partial charge in [0.05, 0.1) is 12.7 Å². The first-order valence-corrected chi connectivity index (χ1v) is 7.36. The molecule has 0 radical (unpaired) electrons. The molecule has 1 fully saturated rings. The molecule has 0 aliphatic carbocycles. The number of hydrogen-bond donors (Lipinski definition) is 0. The highest BCUT2D eigenvalue weighted by molar-refractivity contribution is 5.44. The van der Waals surface area contributed by atoms with Gasteiger partial charge in [-0.25, -0.2) is 0 Å². The fourth-order valence-electron chi connectivity index (χ4n) is 2.80. The topological polar surface area (TPSA) is 27.7 Å². The molecule has 2 atom stereocenters. The average molecular weight is 278 g/mol. The molecule has 3 nitrogen and oxygen atoms in total. The Labute approximate surface area is 122 Å². The van der Waals surface area contributed by atoms with Crippen LogP contribution in [-0.4, -0.2) is 19.5 Å². The normalized spacial score (nSPS) is 22.2. The molecule has 0 spiro atoms. The van der Waals surface area contributed by atoms with Crippen LogP contribution < -0.4 is 4.74 Å². The van der Waals surface area contributed by atoms with Crippen LogP contribution in [0.4, 0.5) is 0 Å². The third kappa shape index (κ3) is 2.99. The molecular formula is C17H26O3. The van der Waals surface area contributed by atoms with Crippen molar-refractivity contribution in [1.82, 2.24) is 0 Å². The minimum Gasteiger partial charge on any atom is -0.465 e. The van der Waals surface area contributed by atoms with Crippen molar-refractivity contribution in [2.75, 3.05) is 13.2 Å². The molecule has 112 valence electrons. The molecule has 3 heteroatoms. The molecule has 0 aromatic heterocycles. The first-order chi connectivity index (χ1) is 9.35. The van der Waals surface area contributed by atoms with Crippen molar-refractivity contribution in [3.8, 4) is 5.75 Å². The van der Waals surface area contributed by atoms with Gasteiger partial charge in [-0.2, -0.15) is 0 Å². The molecule has 1 heterocycles. The van der Waals surface area contributed by atoms with Crippen molar-refractivity contribution in [2.45, 2.75) is 53.9 Å². The number of ether oxygens (including phenoxy) is 3. The Balaban J connectivity index is 2.21. The van der Waals surface area contributed by atoms with Gasteiger partial charge in [-0.15, -0.1) is 0 Å². The van der Waals surface area contributed by atoms with E-state index in [1.54, 1.807) is 0 Å². The molecule has 1 aliphatic heterocycles. The molecule has 2 unspecified atom stereocenters. The van der Waals surface area contributed by atoms with Gasteiger partial charge in [-0.3, -0.25) is 0 Å². The maximum atomic E-state index is 5.89. The summed E-state index contributed by atoms with van der Waals surface area (Å²) in [5.74, 6) is 0.923. The highest BCUT2D eigenvalue weighted by atomic mass is 16.7. The number of rotatable bonds is 5. The van der Waals surface area contributed by atoms with E-state index < -0.39 is 0 Å². The van der Waals surface area contributed by atoms with Crippen LogP contribution >= 0.6 is 0 Å². The molecule has 1 saturated heterocycles.